The van der Waals surface area contributed by atoms with Crippen LogP contribution >= 0.6 is 7.75 Å². The van der Waals surface area contributed by atoms with Crippen LogP contribution in [0.5, 0.6) is 5.75 Å². The van der Waals surface area contributed by atoms with Gasteiger partial charge in [0, 0.05) is 6.20 Å². The van der Waals surface area contributed by atoms with Gasteiger partial charge in [0.1, 0.15) is 36.0 Å². The summed E-state index contributed by atoms with van der Waals surface area (Å²) < 4.78 is 38.0. The number of anilines is 1. The molecule has 14 heteroatoms. The molecule has 2 heterocycles. The second-order valence-corrected chi connectivity index (χ2v) is 13.1. The number of esters is 1. The van der Waals surface area contributed by atoms with Crippen molar-refractivity contribution in [2.24, 2.45) is 11.3 Å². The fourth-order valence-corrected chi connectivity index (χ4v) is 5.72. The van der Waals surface area contributed by atoms with E-state index in [0.717, 1.165) is 4.57 Å². The molecular weight excluding hydrogens is 555 g/mol. The van der Waals surface area contributed by atoms with Crippen LogP contribution in [0.1, 0.15) is 54.2 Å². The molecule has 0 saturated carbocycles. The molecule has 1 aliphatic rings. The van der Waals surface area contributed by atoms with Crippen molar-refractivity contribution < 1.29 is 38.1 Å². The topological polar surface area (TPSA) is 184 Å². The number of ether oxygens (including phenoxy) is 2. The van der Waals surface area contributed by atoms with Crippen molar-refractivity contribution in [3.8, 4) is 5.75 Å². The van der Waals surface area contributed by atoms with Gasteiger partial charge >= 0.3 is 19.4 Å². The van der Waals surface area contributed by atoms with E-state index in [4.69, 9.17) is 24.3 Å². The number of nitrogen functional groups attached to an aromatic ring is 1. The van der Waals surface area contributed by atoms with Gasteiger partial charge in [0.05, 0.1) is 18.1 Å². The SMILES string of the molecule is CCC(C)C(COC(=O)C(C)(C)C)NP(=O)(OC[C@H]1O[C@@H](n2ccc(N)nc2=O)[C@](C)(O)[C@@H]1O)Oc1ccccc1. The number of carbonyl (C=O) groups excluding carboxylic acids is 1. The van der Waals surface area contributed by atoms with Gasteiger partial charge in [-0.15, -0.1) is 0 Å². The Bertz CT molecular complexity index is 1280. The van der Waals surface area contributed by atoms with E-state index in [-0.39, 0.29) is 24.1 Å². The molecule has 3 unspecified atom stereocenters. The number of hydrogen-bond acceptors (Lipinski definition) is 11. The molecule has 0 amide bonds. The Kier molecular flexibility index (Phi) is 10.4. The quantitative estimate of drug-likeness (QED) is 0.208. The number of aliphatic hydroxyl groups excluding tert-OH is 1. The molecule has 1 aromatic heterocycles. The van der Waals surface area contributed by atoms with E-state index in [1.807, 2.05) is 13.8 Å². The lowest BCUT2D eigenvalue weighted by atomic mass is 9.96. The fourth-order valence-electron chi connectivity index (χ4n) is 4.06. The minimum absolute atomic E-state index is 0.0153. The third kappa shape index (κ3) is 8.15. The van der Waals surface area contributed by atoms with Crippen molar-refractivity contribution >= 4 is 19.5 Å². The molecule has 1 saturated heterocycles. The molecule has 1 fully saturated rings. The van der Waals surface area contributed by atoms with Crippen molar-refractivity contribution in [1.82, 2.24) is 14.6 Å². The van der Waals surface area contributed by atoms with Gasteiger partial charge in [-0.1, -0.05) is 38.5 Å². The van der Waals surface area contributed by atoms with Crippen LogP contribution in [0, 0.1) is 11.3 Å². The number of nitrogens with one attached hydrogen (secondary N) is 1. The number of carbonyl (C=O) groups is 1. The average Bonchev–Trinajstić information content (AvgIpc) is 3.12. The van der Waals surface area contributed by atoms with E-state index >= 15 is 0 Å². The molecule has 41 heavy (non-hydrogen) atoms. The lowest BCUT2D eigenvalue weighted by Gasteiger charge is -2.30. The van der Waals surface area contributed by atoms with Gasteiger partial charge in [-0.2, -0.15) is 4.98 Å². The number of nitrogens with zero attached hydrogens (tertiary/aromatic N) is 2. The molecule has 7 atom stereocenters. The summed E-state index contributed by atoms with van der Waals surface area (Å²) in [6.07, 6.45) is -2.14. The highest BCUT2D eigenvalue weighted by molar-refractivity contribution is 7.52. The summed E-state index contributed by atoms with van der Waals surface area (Å²) in [5.41, 5.74) is 2.11. The highest BCUT2D eigenvalue weighted by Gasteiger charge is 2.54. The predicted molar refractivity (Wildman–Crippen MR) is 151 cm³/mol. The van der Waals surface area contributed by atoms with E-state index in [1.54, 1.807) is 51.1 Å². The smallest absolute Gasteiger partial charge is 0.459 e. The Balaban J connectivity index is 1.83. The van der Waals surface area contributed by atoms with Crippen molar-refractivity contribution in [1.29, 1.82) is 0 Å². The Morgan fingerprint density at radius 2 is 1.95 bits per heavy atom. The van der Waals surface area contributed by atoms with Crippen LogP contribution in [-0.4, -0.2) is 62.8 Å². The van der Waals surface area contributed by atoms with E-state index in [2.05, 4.69) is 10.1 Å². The molecule has 0 radical (unpaired) electrons. The predicted octanol–water partition coefficient (Wildman–Crippen LogP) is 2.63. The Morgan fingerprint density at radius 1 is 1.29 bits per heavy atom. The zero-order valence-corrected chi connectivity index (χ0v) is 25.1. The Labute approximate surface area is 239 Å². The van der Waals surface area contributed by atoms with E-state index in [0.29, 0.717) is 6.42 Å². The first-order valence-corrected chi connectivity index (χ1v) is 15.0. The number of rotatable bonds is 12. The van der Waals surface area contributed by atoms with Crippen LogP contribution in [0.25, 0.3) is 0 Å². The van der Waals surface area contributed by atoms with Gasteiger partial charge in [-0.3, -0.25) is 13.9 Å². The fraction of sp³-hybridized carbons (Fsp3) is 0.593. The molecule has 1 aromatic carbocycles. The van der Waals surface area contributed by atoms with Gasteiger partial charge in [0.15, 0.2) is 6.23 Å². The first kappa shape index (κ1) is 32.7. The molecule has 228 valence electrons. The van der Waals surface area contributed by atoms with Crippen LogP contribution in [0.3, 0.4) is 0 Å². The van der Waals surface area contributed by atoms with Crippen LogP contribution in [0.15, 0.2) is 47.4 Å². The molecule has 1 aliphatic heterocycles. The van der Waals surface area contributed by atoms with E-state index < -0.39 is 61.5 Å². The second-order valence-electron chi connectivity index (χ2n) is 11.4. The normalized spacial score (nSPS) is 25.7. The molecule has 0 bridgehead atoms. The van der Waals surface area contributed by atoms with Crippen LogP contribution in [0.2, 0.25) is 0 Å². The average molecular weight is 597 g/mol. The third-order valence-corrected chi connectivity index (χ3v) is 8.49. The first-order valence-electron chi connectivity index (χ1n) is 13.4. The largest absolute Gasteiger partial charge is 0.464 e. The first-order chi connectivity index (χ1) is 19.1. The standard InChI is InChI=1S/C27H41N4O9P/c1-7-17(2)19(15-37-24(33)26(3,4)5)30-41(36,40-18-11-9-8-10-12-18)38-16-20-22(32)27(6,35)23(39-20)31-14-13-21(28)29-25(31)34/h8-14,17,19-20,22-23,32,35H,7,15-16H2,1-6H3,(H,30,36)(H2,28,29,34)/t17?,19?,20-,22-,23-,27-,41?/m1/s1. The van der Waals surface area contributed by atoms with Crippen LogP contribution in [-0.2, 0) is 23.4 Å². The zero-order valence-electron chi connectivity index (χ0n) is 24.2. The van der Waals surface area contributed by atoms with Crippen molar-refractivity contribution in [3.05, 3.63) is 53.1 Å². The maximum Gasteiger partial charge on any atom is 0.459 e. The minimum Gasteiger partial charge on any atom is -0.464 e. The second kappa shape index (κ2) is 13.0. The van der Waals surface area contributed by atoms with Gasteiger partial charge in [0.25, 0.3) is 0 Å². The number of aromatic nitrogens is 2. The minimum atomic E-state index is -4.21. The summed E-state index contributed by atoms with van der Waals surface area (Å²) in [6, 6.07) is 9.08. The van der Waals surface area contributed by atoms with Gasteiger partial charge in [-0.25, -0.2) is 14.4 Å². The third-order valence-electron chi connectivity index (χ3n) is 6.90. The zero-order chi connectivity index (χ0) is 30.6. The molecule has 0 aliphatic carbocycles. The number of para-hydroxylation sites is 1. The summed E-state index contributed by atoms with van der Waals surface area (Å²) in [5, 5.41) is 24.8. The van der Waals surface area contributed by atoms with E-state index in [1.165, 1.54) is 19.2 Å². The monoisotopic (exact) mass is 596 g/mol. The summed E-state index contributed by atoms with van der Waals surface area (Å²) in [5.74, 6) is -0.300. The molecule has 0 spiro atoms. The lowest BCUT2D eigenvalue weighted by molar-refractivity contribution is -0.154. The van der Waals surface area contributed by atoms with E-state index in [9.17, 15) is 24.4 Å². The van der Waals surface area contributed by atoms with Gasteiger partial charge in [0.2, 0.25) is 0 Å². The lowest BCUT2D eigenvalue weighted by Crippen LogP contribution is -2.46. The van der Waals surface area contributed by atoms with Gasteiger partial charge < -0.3 is 29.9 Å². The maximum atomic E-state index is 14.1. The van der Waals surface area contributed by atoms with Crippen LogP contribution < -0.4 is 21.0 Å². The molecule has 5 N–H and O–H groups in total. The van der Waals surface area contributed by atoms with Crippen LogP contribution in [0.4, 0.5) is 5.82 Å². The number of hydrogen-bond donors (Lipinski definition) is 4. The summed E-state index contributed by atoms with van der Waals surface area (Å²) in [7, 11) is -4.21. The van der Waals surface area contributed by atoms with Crippen molar-refractivity contribution in [2.45, 2.75) is 78.0 Å². The molecule has 3 rings (SSSR count). The Hall–Kier alpha value is -2.80. The molecular formula is C27H41N4O9P. The summed E-state index contributed by atoms with van der Waals surface area (Å²) in [6.45, 7) is 9.75. The summed E-state index contributed by atoms with van der Waals surface area (Å²) in [4.78, 5) is 28.5. The molecule has 13 nitrogen and oxygen atoms in total. The number of benzene rings is 1. The highest BCUT2D eigenvalue weighted by atomic mass is 31.2. The number of aliphatic hydroxyl groups is 2. The van der Waals surface area contributed by atoms with Crippen molar-refractivity contribution in [3.63, 3.8) is 0 Å². The summed E-state index contributed by atoms with van der Waals surface area (Å²) >= 11 is 0. The maximum absolute atomic E-state index is 14.1. The number of nitrogens with two attached hydrogens (primary N) is 1. The van der Waals surface area contributed by atoms with Crippen molar-refractivity contribution in [2.75, 3.05) is 18.9 Å². The van der Waals surface area contributed by atoms with Gasteiger partial charge in [-0.05, 0) is 51.8 Å². The highest BCUT2D eigenvalue weighted by Crippen LogP contribution is 2.47. The molecule has 2 aromatic rings. The Morgan fingerprint density at radius 3 is 2.54 bits per heavy atom.